The molecule has 2 aromatic rings. The molecule has 0 unspecified atom stereocenters. The average Bonchev–Trinajstić information content (AvgIpc) is 3.03. The third-order valence-electron chi connectivity index (χ3n) is 6.05. The van der Waals surface area contributed by atoms with Crippen LogP contribution in [-0.4, -0.2) is 48.6 Å². The van der Waals surface area contributed by atoms with Crippen molar-refractivity contribution in [3.05, 3.63) is 41.2 Å². The fourth-order valence-corrected chi connectivity index (χ4v) is 4.54. The molecule has 0 amide bonds. The number of ether oxygens (including phenoxy) is 1. The number of carbonyl (C=O) groups is 1. The number of benzene rings is 1. The first kappa shape index (κ1) is 20.6. The van der Waals surface area contributed by atoms with Crippen LogP contribution in [0.1, 0.15) is 43.4 Å². The van der Waals surface area contributed by atoms with E-state index in [-0.39, 0.29) is 5.97 Å². The van der Waals surface area contributed by atoms with Crippen molar-refractivity contribution < 1.29 is 9.53 Å². The Labute approximate surface area is 168 Å². The van der Waals surface area contributed by atoms with E-state index in [4.69, 9.17) is 9.72 Å². The van der Waals surface area contributed by atoms with Crippen molar-refractivity contribution in [3.63, 3.8) is 0 Å². The van der Waals surface area contributed by atoms with Crippen LogP contribution in [0.15, 0.2) is 29.8 Å². The molecule has 1 heterocycles. The van der Waals surface area contributed by atoms with Crippen LogP contribution >= 0.6 is 0 Å². The zero-order valence-electron chi connectivity index (χ0n) is 18.0. The topological polar surface area (TPSA) is 58.2 Å². The number of H-pyrrole nitrogens is 1. The quantitative estimate of drug-likeness (QED) is 0.597. The first-order valence-electron chi connectivity index (χ1n) is 10.2. The summed E-state index contributed by atoms with van der Waals surface area (Å²) in [6.07, 6.45) is 4.60. The molecular weight excluding hydrogens is 350 g/mol. The lowest BCUT2D eigenvalue weighted by molar-refractivity contribution is 0.0601. The average molecular weight is 384 g/mol. The van der Waals surface area contributed by atoms with Gasteiger partial charge in [0.25, 0.3) is 0 Å². The minimum absolute atomic E-state index is 0.323. The number of imidazole rings is 1. The maximum Gasteiger partial charge on any atom is 0.337 e. The largest absolute Gasteiger partial charge is 0.465 e. The van der Waals surface area contributed by atoms with Gasteiger partial charge in [0.2, 0.25) is 0 Å². The lowest BCUT2D eigenvalue weighted by atomic mass is 9.69. The van der Waals surface area contributed by atoms with Crippen LogP contribution in [0, 0.1) is 23.7 Å². The van der Waals surface area contributed by atoms with Crippen LogP contribution in [0.25, 0.3) is 11.0 Å². The fourth-order valence-electron chi connectivity index (χ4n) is 4.54. The summed E-state index contributed by atoms with van der Waals surface area (Å²) in [5.41, 5.74) is 3.80. The zero-order chi connectivity index (χ0) is 20.4. The van der Waals surface area contributed by atoms with Crippen molar-refractivity contribution in [2.45, 2.75) is 33.6 Å². The normalized spacial score (nSPS) is 22.7. The second kappa shape index (κ2) is 8.48. The molecule has 1 N–H and O–H groups in total. The maximum atomic E-state index is 11.8. The van der Waals surface area contributed by atoms with Crippen molar-refractivity contribution in [2.24, 2.45) is 23.7 Å². The molecule has 1 aromatic heterocycles. The third kappa shape index (κ3) is 4.46. The van der Waals surface area contributed by atoms with Crippen LogP contribution in [0.5, 0.6) is 0 Å². The number of allylic oxidation sites excluding steroid dienone is 1. The monoisotopic (exact) mass is 383 g/mol. The predicted molar refractivity (Wildman–Crippen MR) is 113 cm³/mol. The number of nitrogens with zero attached hydrogens (tertiary/aromatic N) is 2. The van der Waals surface area contributed by atoms with Crippen molar-refractivity contribution in [3.8, 4) is 0 Å². The third-order valence-corrected chi connectivity index (χ3v) is 6.05. The molecule has 3 atom stereocenters. The minimum Gasteiger partial charge on any atom is -0.465 e. The molecule has 0 spiro atoms. The Balaban J connectivity index is 1.81. The van der Waals surface area contributed by atoms with Crippen LogP contribution in [0.3, 0.4) is 0 Å². The fraction of sp³-hybridized carbons (Fsp3) is 0.565. The lowest BCUT2D eigenvalue weighted by Crippen LogP contribution is -2.34. The Bertz CT molecular complexity index is 866. The molecule has 1 aliphatic rings. The standard InChI is InChI=1S/C23H33N3O2/c1-14(2)19-10-17(15(3)9-18(19)13-26(4)5)12-22-24-20-8-7-16(23(27)28-6)11-21(20)25-22/h7-9,11,14,17-19H,10,12-13H2,1-6H3,(H,24,25)/t17-,18-,19-/m0/s1. The Morgan fingerprint density at radius 3 is 2.75 bits per heavy atom. The highest BCUT2D eigenvalue weighted by Gasteiger charge is 2.32. The first-order chi connectivity index (χ1) is 13.3. The minimum atomic E-state index is -0.323. The molecule has 5 nitrogen and oxygen atoms in total. The molecule has 0 saturated carbocycles. The van der Waals surface area contributed by atoms with E-state index in [0.717, 1.165) is 29.8 Å². The summed E-state index contributed by atoms with van der Waals surface area (Å²) in [5, 5.41) is 0. The SMILES string of the molecule is COC(=O)c1ccc2nc(C[C@@H]3C[C@@H](C(C)C)[C@H](CN(C)C)C=C3C)[nH]c2c1. The van der Waals surface area contributed by atoms with Gasteiger partial charge in [-0.1, -0.05) is 25.5 Å². The van der Waals surface area contributed by atoms with Crippen LogP contribution in [0.4, 0.5) is 0 Å². The Morgan fingerprint density at radius 1 is 1.36 bits per heavy atom. The van der Waals surface area contributed by atoms with Gasteiger partial charge in [-0.2, -0.15) is 0 Å². The summed E-state index contributed by atoms with van der Waals surface area (Å²) in [6, 6.07) is 5.48. The van der Waals surface area contributed by atoms with E-state index in [2.05, 4.69) is 50.8 Å². The molecule has 5 heteroatoms. The number of hydrogen-bond acceptors (Lipinski definition) is 4. The van der Waals surface area contributed by atoms with Gasteiger partial charge < -0.3 is 14.6 Å². The van der Waals surface area contributed by atoms with Gasteiger partial charge in [0.05, 0.1) is 23.7 Å². The Morgan fingerprint density at radius 2 is 2.11 bits per heavy atom. The van der Waals surface area contributed by atoms with E-state index in [1.807, 2.05) is 12.1 Å². The number of methoxy groups -OCH3 is 1. The van der Waals surface area contributed by atoms with Crippen LogP contribution in [-0.2, 0) is 11.2 Å². The van der Waals surface area contributed by atoms with E-state index in [1.165, 1.54) is 19.1 Å². The van der Waals surface area contributed by atoms with Crippen molar-refractivity contribution in [2.75, 3.05) is 27.7 Å². The number of aromatic amines is 1. The highest BCUT2D eigenvalue weighted by molar-refractivity contribution is 5.93. The summed E-state index contributed by atoms with van der Waals surface area (Å²) in [6.45, 7) is 8.05. The van der Waals surface area contributed by atoms with E-state index < -0.39 is 0 Å². The molecule has 1 aromatic carbocycles. The van der Waals surface area contributed by atoms with Crippen molar-refractivity contribution in [1.29, 1.82) is 0 Å². The van der Waals surface area contributed by atoms with Gasteiger partial charge in [0.15, 0.2) is 0 Å². The molecule has 28 heavy (non-hydrogen) atoms. The molecular formula is C23H33N3O2. The first-order valence-corrected chi connectivity index (χ1v) is 10.2. The molecule has 0 aliphatic heterocycles. The smallest absolute Gasteiger partial charge is 0.337 e. The summed E-state index contributed by atoms with van der Waals surface area (Å²) < 4.78 is 4.82. The number of fused-ring (bicyclic) bond motifs is 1. The summed E-state index contributed by atoms with van der Waals surface area (Å²) in [5.74, 6) is 3.14. The van der Waals surface area contributed by atoms with Gasteiger partial charge in [-0.3, -0.25) is 0 Å². The highest BCUT2D eigenvalue weighted by Crippen LogP contribution is 2.39. The second-order valence-electron chi connectivity index (χ2n) is 8.79. The summed E-state index contributed by atoms with van der Waals surface area (Å²) in [4.78, 5) is 22.2. The molecule has 0 bridgehead atoms. The highest BCUT2D eigenvalue weighted by atomic mass is 16.5. The number of carbonyl (C=O) groups excluding carboxylic acids is 1. The van der Waals surface area contributed by atoms with Crippen molar-refractivity contribution in [1.82, 2.24) is 14.9 Å². The van der Waals surface area contributed by atoms with E-state index in [0.29, 0.717) is 29.2 Å². The second-order valence-corrected chi connectivity index (χ2v) is 8.79. The number of nitrogens with one attached hydrogen (secondary N) is 1. The zero-order valence-corrected chi connectivity index (χ0v) is 18.0. The number of hydrogen-bond donors (Lipinski definition) is 1. The van der Waals surface area contributed by atoms with Crippen molar-refractivity contribution >= 4 is 17.0 Å². The lowest BCUT2D eigenvalue weighted by Gasteiger charge is -2.38. The number of esters is 1. The molecule has 1 aliphatic carbocycles. The van der Waals surface area contributed by atoms with Crippen LogP contribution in [0.2, 0.25) is 0 Å². The van der Waals surface area contributed by atoms with Gasteiger partial charge >= 0.3 is 5.97 Å². The Kier molecular flexibility index (Phi) is 6.23. The van der Waals surface area contributed by atoms with Gasteiger partial charge in [0, 0.05) is 13.0 Å². The predicted octanol–water partition coefficient (Wildman–Crippen LogP) is 4.31. The van der Waals surface area contributed by atoms with E-state index in [1.54, 1.807) is 6.07 Å². The molecule has 0 radical (unpaired) electrons. The molecule has 3 rings (SSSR count). The molecule has 152 valence electrons. The number of rotatable bonds is 6. The Hall–Kier alpha value is -2.14. The van der Waals surface area contributed by atoms with E-state index in [9.17, 15) is 4.79 Å². The van der Waals surface area contributed by atoms with Gasteiger partial charge in [0.1, 0.15) is 5.82 Å². The summed E-state index contributed by atoms with van der Waals surface area (Å²) >= 11 is 0. The maximum absolute atomic E-state index is 11.8. The van der Waals surface area contributed by atoms with Crippen LogP contribution < -0.4 is 0 Å². The van der Waals surface area contributed by atoms with Gasteiger partial charge in [-0.15, -0.1) is 0 Å². The molecule has 0 fully saturated rings. The molecule has 0 saturated heterocycles. The number of aromatic nitrogens is 2. The van der Waals surface area contributed by atoms with E-state index >= 15 is 0 Å². The van der Waals surface area contributed by atoms with Gasteiger partial charge in [-0.25, -0.2) is 9.78 Å². The van der Waals surface area contributed by atoms with Gasteiger partial charge in [-0.05, 0) is 69.3 Å². The summed E-state index contributed by atoms with van der Waals surface area (Å²) in [7, 11) is 5.71.